The highest BCUT2D eigenvalue weighted by molar-refractivity contribution is 5.95. The van der Waals surface area contributed by atoms with Crippen LogP contribution in [-0.4, -0.2) is 30.4 Å². The number of nitrogens with zero attached hydrogens (tertiary/aromatic N) is 2. The molecule has 170 valence electrons. The molecule has 0 amide bonds. The number of nitrogens with one attached hydrogen (secondary N) is 2. The van der Waals surface area contributed by atoms with Gasteiger partial charge in [-0.2, -0.15) is 13.2 Å². The van der Waals surface area contributed by atoms with E-state index in [2.05, 4.69) is 33.0 Å². The van der Waals surface area contributed by atoms with Crippen molar-refractivity contribution in [2.75, 3.05) is 25.5 Å². The van der Waals surface area contributed by atoms with Crippen molar-refractivity contribution in [3.63, 3.8) is 0 Å². The Kier molecular flexibility index (Phi) is 6.24. The molecule has 3 aromatic rings. The van der Waals surface area contributed by atoms with Gasteiger partial charge in [-0.3, -0.25) is 0 Å². The molecule has 32 heavy (non-hydrogen) atoms. The van der Waals surface area contributed by atoms with Crippen molar-refractivity contribution in [3.8, 4) is 5.88 Å². The number of alkyl halides is 3. The van der Waals surface area contributed by atoms with Crippen LogP contribution >= 0.6 is 0 Å². The van der Waals surface area contributed by atoms with E-state index in [9.17, 15) is 13.2 Å². The Bertz CT molecular complexity index is 1110. The van der Waals surface area contributed by atoms with Crippen LogP contribution in [0, 0.1) is 6.92 Å². The summed E-state index contributed by atoms with van der Waals surface area (Å²) in [5, 5.41) is 16.8. The number of ether oxygens (including phenoxy) is 1. The molecular weight excluding hydrogens is 417 g/mol. The van der Waals surface area contributed by atoms with Crippen LogP contribution in [-0.2, 0) is 6.18 Å². The third kappa shape index (κ3) is 4.37. The molecule has 1 aromatic heterocycles. The Morgan fingerprint density at radius 2 is 1.84 bits per heavy atom. The van der Waals surface area contributed by atoms with Gasteiger partial charge in [0.05, 0.1) is 18.7 Å². The maximum Gasteiger partial charge on any atom is 0.416 e. The van der Waals surface area contributed by atoms with E-state index in [4.69, 9.17) is 4.74 Å². The van der Waals surface area contributed by atoms with Crippen molar-refractivity contribution in [2.45, 2.75) is 44.8 Å². The lowest BCUT2D eigenvalue weighted by Gasteiger charge is -2.24. The zero-order valence-corrected chi connectivity index (χ0v) is 18.4. The second kappa shape index (κ2) is 8.94. The van der Waals surface area contributed by atoms with Crippen molar-refractivity contribution in [1.29, 1.82) is 0 Å². The normalized spacial score (nSPS) is 16.2. The highest BCUT2D eigenvalue weighted by Gasteiger charge is 2.33. The molecule has 2 heterocycles. The third-order valence-corrected chi connectivity index (χ3v) is 6.27. The second-order valence-corrected chi connectivity index (χ2v) is 8.27. The summed E-state index contributed by atoms with van der Waals surface area (Å²) in [6, 6.07) is 10.1. The molecule has 8 heteroatoms. The third-order valence-electron chi connectivity index (χ3n) is 6.27. The van der Waals surface area contributed by atoms with Crippen molar-refractivity contribution >= 4 is 16.6 Å². The maximum atomic E-state index is 13.4. The number of benzene rings is 2. The average Bonchev–Trinajstić information content (AvgIpc) is 2.79. The molecule has 1 saturated heterocycles. The Labute approximate surface area is 185 Å². The van der Waals surface area contributed by atoms with Gasteiger partial charge in [-0.05, 0) is 80.6 Å². The summed E-state index contributed by atoms with van der Waals surface area (Å²) >= 11 is 0. The smallest absolute Gasteiger partial charge is 0.416 e. The molecule has 1 aliphatic heterocycles. The quantitative estimate of drug-likeness (QED) is 0.536. The fourth-order valence-electron chi connectivity index (χ4n) is 4.53. The zero-order chi connectivity index (χ0) is 22.9. The van der Waals surface area contributed by atoms with Crippen LogP contribution in [0.3, 0.4) is 0 Å². The number of halogens is 3. The van der Waals surface area contributed by atoms with E-state index in [1.165, 1.54) is 18.6 Å². The SMILES string of the molecule is COc1nnc(N[C@H](C)c2cccc(C(F)(F)F)c2C)c2cc(C3CCNCC3)ccc12. The van der Waals surface area contributed by atoms with Gasteiger partial charge in [0.15, 0.2) is 5.82 Å². The van der Waals surface area contributed by atoms with Gasteiger partial charge in [0.2, 0.25) is 5.88 Å². The van der Waals surface area contributed by atoms with Crippen molar-refractivity contribution in [3.05, 3.63) is 58.7 Å². The number of piperidine rings is 1. The molecule has 1 aliphatic rings. The minimum absolute atomic E-state index is 0.209. The van der Waals surface area contributed by atoms with Gasteiger partial charge < -0.3 is 15.4 Å². The number of hydrogen-bond donors (Lipinski definition) is 2. The maximum absolute atomic E-state index is 13.4. The van der Waals surface area contributed by atoms with E-state index >= 15 is 0 Å². The second-order valence-electron chi connectivity index (χ2n) is 8.27. The number of methoxy groups -OCH3 is 1. The number of hydrogen-bond acceptors (Lipinski definition) is 5. The van der Waals surface area contributed by atoms with Gasteiger partial charge in [0.1, 0.15) is 0 Å². The highest BCUT2D eigenvalue weighted by Crippen LogP contribution is 2.37. The van der Waals surface area contributed by atoms with Gasteiger partial charge in [0, 0.05) is 10.8 Å². The van der Waals surface area contributed by atoms with Gasteiger partial charge in [-0.1, -0.05) is 18.2 Å². The predicted octanol–water partition coefficient (Wildman–Crippen LogP) is 5.61. The molecule has 0 aliphatic carbocycles. The summed E-state index contributed by atoms with van der Waals surface area (Å²) in [6.45, 7) is 5.30. The van der Waals surface area contributed by atoms with Gasteiger partial charge in [0.25, 0.3) is 0 Å². The fraction of sp³-hybridized carbons (Fsp3) is 0.417. The highest BCUT2D eigenvalue weighted by atomic mass is 19.4. The molecule has 0 saturated carbocycles. The van der Waals surface area contributed by atoms with E-state index in [-0.39, 0.29) is 5.56 Å². The monoisotopic (exact) mass is 444 g/mol. The summed E-state index contributed by atoms with van der Waals surface area (Å²) in [4.78, 5) is 0. The largest absolute Gasteiger partial charge is 0.479 e. The molecule has 1 atom stereocenters. The minimum atomic E-state index is -4.39. The molecule has 0 bridgehead atoms. The summed E-state index contributed by atoms with van der Waals surface area (Å²) in [5.74, 6) is 1.40. The Hall–Kier alpha value is -2.87. The first-order valence-corrected chi connectivity index (χ1v) is 10.8. The van der Waals surface area contributed by atoms with E-state index in [1.807, 2.05) is 13.0 Å². The Morgan fingerprint density at radius 3 is 2.53 bits per heavy atom. The number of rotatable bonds is 5. The summed E-state index contributed by atoms with van der Waals surface area (Å²) in [7, 11) is 1.55. The summed E-state index contributed by atoms with van der Waals surface area (Å²) in [5.41, 5.74) is 1.38. The summed E-state index contributed by atoms with van der Waals surface area (Å²) in [6.07, 6.45) is -2.27. The number of aromatic nitrogens is 2. The minimum Gasteiger partial charge on any atom is -0.479 e. The van der Waals surface area contributed by atoms with Crippen LogP contribution < -0.4 is 15.4 Å². The summed E-state index contributed by atoms with van der Waals surface area (Å²) < 4.78 is 45.5. The molecule has 0 spiro atoms. The number of fused-ring (bicyclic) bond motifs is 1. The lowest BCUT2D eigenvalue weighted by molar-refractivity contribution is -0.138. The van der Waals surface area contributed by atoms with Crippen molar-refractivity contribution < 1.29 is 17.9 Å². The average molecular weight is 445 g/mol. The van der Waals surface area contributed by atoms with E-state index in [0.29, 0.717) is 23.2 Å². The first-order valence-electron chi connectivity index (χ1n) is 10.8. The Balaban J connectivity index is 1.72. The molecule has 2 aromatic carbocycles. The van der Waals surface area contributed by atoms with Gasteiger partial charge >= 0.3 is 6.18 Å². The van der Waals surface area contributed by atoms with E-state index in [1.54, 1.807) is 13.2 Å². The molecule has 4 rings (SSSR count). The van der Waals surface area contributed by atoms with Gasteiger partial charge in [-0.15, -0.1) is 10.2 Å². The lowest BCUT2D eigenvalue weighted by Crippen LogP contribution is -2.26. The number of anilines is 1. The van der Waals surface area contributed by atoms with Crippen LogP contribution in [0.25, 0.3) is 10.8 Å². The van der Waals surface area contributed by atoms with Crippen LogP contribution in [0.4, 0.5) is 19.0 Å². The van der Waals surface area contributed by atoms with Crippen LogP contribution in [0.2, 0.25) is 0 Å². The molecule has 0 radical (unpaired) electrons. The van der Waals surface area contributed by atoms with E-state index in [0.717, 1.165) is 42.8 Å². The first-order chi connectivity index (χ1) is 15.3. The molecular formula is C24H27F3N4O. The molecule has 2 N–H and O–H groups in total. The molecule has 5 nitrogen and oxygen atoms in total. The standard InChI is InChI=1S/C24H27F3N4O/c1-14-18(5-4-6-21(14)24(25,26)27)15(2)29-22-20-13-17(16-9-11-28-12-10-16)7-8-19(20)23(32-3)31-30-22/h4-8,13,15-16,28H,9-12H2,1-3H3,(H,29,30)/t15-/m1/s1. The topological polar surface area (TPSA) is 59.1 Å². The molecule has 1 fully saturated rings. The Morgan fingerprint density at radius 1 is 1.09 bits per heavy atom. The fourth-order valence-corrected chi connectivity index (χ4v) is 4.53. The van der Waals surface area contributed by atoms with Gasteiger partial charge in [-0.25, -0.2) is 0 Å². The van der Waals surface area contributed by atoms with Crippen LogP contribution in [0.15, 0.2) is 36.4 Å². The van der Waals surface area contributed by atoms with Crippen LogP contribution in [0.1, 0.15) is 54.0 Å². The molecule has 0 unspecified atom stereocenters. The first kappa shape index (κ1) is 22.3. The van der Waals surface area contributed by atoms with Crippen LogP contribution in [0.5, 0.6) is 5.88 Å². The van der Waals surface area contributed by atoms with E-state index < -0.39 is 17.8 Å². The predicted molar refractivity (Wildman–Crippen MR) is 119 cm³/mol. The zero-order valence-electron chi connectivity index (χ0n) is 18.4. The lowest BCUT2D eigenvalue weighted by atomic mass is 9.89. The van der Waals surface area contributed by atoms with Crippen molar-refractivity contribution in [1.82, 2.24) is 15.5 Å². The van der Waals surface area contributed by atoms with Crippen molar-refractivity contribution in [2.24, 2.45) is 0 Å².